The molecule has 2 heterocycles. The molecule has 2 aromatic heterocycles. The maximum Gasteiger partial charge on any atom is 0.173 e. The van der Waals surface area contributed by atoms with E-state index in [9.17, 15) is 4.39 Å². The number of nitrogens with two attached hydrogens (primary N) is 1. The van der Waals surface area contributed by atoms with E-state index in [0.717, 1.165) is 0 Å². The summed E-state index contributed by atoms with van der Waals surface area (Å²) in [5, 5.41) is 0. The molecule has 0 fully saturated rings. The molecule has 0 saturated heterocycles. The van der Waals surface area contributed by atoms with E-state index in [1.54, 1.807) is 22.9 Å². The number of aromatic nitrogens is 2. The van der Waals surface area contributed by atoms with Crippen molar-refractivity contribution < 1.29 is 4.39 Å². The van der Waals surface area contributed by atoms with Crippen LogP contribution in [-0.4, -0.2) is 14.4 Å². The number of hydrogen-bond donors (Lipinski definition) is 1. The van der Waals surface area contributed by atoms with E-state index in [2.05, 4.69) is 4.98 Å². The van der Waals surface area contributed by atoms with Gasteiger partial charge in [0.15, 0.2) is 11.5 Å². The minimum absolute atomic E-state index is 0.304. The van der Waals surface area contributed by atoms with E-state index in [-0.39, 0.29) is 5.82 Å². The van der Waals surface area contributed by atoms with Crippen molar-refractivity contribution in [2.24, 2.45) is 5.73 Å². The molecule has 72 valence electrons. The molecule has 0 saturated carbocycles. The van der Waals surface area contributed by atoms with Gasteiger partial charge in [-0.2, -0.15) is 0 Å². The van der Waals surface area contributed by atoms with Crippen molar-refractivity contribution in [1.29, 1.82) is 0 Å². The second-order valence-corrected chi connectivity index (χ2v) is 3.49. The fourth-order valence-corrected chi connectivity index (χ4v) is 1.44. The molecule has 5 heteroatoms. The van der Waals surface area contributed by atoms with Crippen molar-refractivity contribution in [3.8, 4) is 0 Å². The average molecular weight is 209 g/mol. The van der Waals surface area contributed by atoms with Gasteiger partial charge >= 0.3 is 0 Å². The number of halogens is 1. The molecule has 2 aromatic rings. The second kappa shape index (κ2) is 3.34. The number of nitrogens with zero attached hydrogens (tertiary/aromatic N) is 2. The van der Waals surface area contributed by atoms with Crippen LogP contribution in [0.2, 0.25) is 0 Å². The van der Waals surface area contributed by atoms with Gasteiger partial charge in [0.25, 0.3) is 0 Å². The predicted octanol–water partition coefficient (Wildman–Crippen LogP) is 1.30. The Morgan fingerprint density at radius 1 is 1.64 bits per heavy atom. The van der Waals surface area contributed by atoms with Gasteiger partial charge in [-0.25, -0.2) is 9.37 Å². The third-order valence-corrected chi connectivity index (χ3v) is 1.98. The first-order valence-electron chi connectivity index (χ1n) is 4.07. The molecule has 2 N–H and O–H groups in total. The molecule has 2 rings (SSSR count). The molecule has 14 heavy (non-hydrogen) atoms. The molecule has 0 aliphatic heterocycles. The van der Waals surface area contributed by atoms with Crippen LogP contribution in [0.4, 0.5) is 4.39 Å². The molecule has 0 radical (unpaired) electrons. The summed E-state index contributed by atoms with van der Waals surface area (Å²) in [7, 11) is 0. The third-order valence-electron chi connectivity index (χ3n) is 1.84. The summed E-state index contributed by atoms with van der Waals surface area (Å²) in [5.41, 5.74) is 6.36. The number of hydrogen-bond acceptors (Lipinski definition) is 2. The Morgan fingerprint density at radius 3 is 3.07 bits per heavy atom. The number of rotatable bonds is 2. The Labute approximate surface area is 85.4 Å². The second-order valence-electron chi connectivity index (χ2n) is 2.96. The quantitative estimate of drug-likeness (QED) is 0.758. The van der Waals surface area contributed by atoms with E-state index in [1.165, 1.54) is 6.07 Å². The van der Waals surface area contributed by atoms with Gasteiger partial charge in [0.1, 0.15) is 0 Å². The molecule has 0 unspecified atom stereocenters. The number of pyridine rings is 1. The van der Waals surface area contributed by atoms with Gasteiger partial charge in [-0.05, 0) is 12.1 Å². The lowest BCUT2D eigenvalue weighted by Gasteiger charge is -1.90. The van der Waals surface area contributed by atoms with Crippen LogP contribution in [0.15, 0.2) is 24.5 Å². The summed E-state index contributed by atoms with van der Waals surface area (Å²) in [6.07, 6.45) is 3.85. The van der Waals surface area contributed by atoms with E-state index in [0.29, 0.717) is 22.8 Å². The van der Waals surface area contributed by atoms with Crippen LogP contribution in [0.3, 0.4) is 0 Å². The lowest BCUT2D eigenvalue weighted by molar-refractivity contribution is 0.630. The van der Waals surface area contributed by atoms with E-state index in [4.69, 9.17) is 18.0 Å². The molecular formula is C9H8FN3S. The van der Waals surface area contributed by atoms with E-state index < -0.39 is 0 Å². The molecule has 0 aromatic carbocycles. The van der Waals surface area contributed by atoms with Crippen molar-refractivity contribution in [2.45, 2.75) is 6.42 Å². The van der Waals surface area contributed by atoms with Crippen molar-refractivity contribution in [2.75, 3.05) is 0 Å². The Bertz CT molecular complexity index is 492. The third kappa shape index (κ3) is 1.58. The average Bonchev–Trinajstić information content (AvgIpc) is 2.47. The minimum Gasteiger partial charge on any atom is -0.393 e. The van der Waals surface area contributed by atoms with Crippen molar-refractivity contribution in [3.63, 3.8) is 0 Å². The monoisotopic (exact) mass is 209 g/mol. The van der Waals surface area contributed by atoms with Gasteiger partial charge in [0.2, 0.25) is 0 Å². The lowest BCUT2D eigenvalue weighted by Crippen LogP contribution is -2.11. The molecule has 0 atom stereocenters. The van der Waals surface area contributed by atoms with Crippen LogP contribution in [0, 0.1) is 5.82 Å². The van der Waals surface area contributed by atoms with Gasteiger partial charge < -0.3 is 10.1 Å². The molecule has 0 spiro atoms. The maximum atomic E-state index is 13.2. The topological polar surface area (TPSA) is 43.3 Å². The number of imidazole rings is 1. The van der Waals surface area contributed by atoms with Gasteiger partial charge in [0, 0.05) is 18.8 Å². The highest BCUT2D eigenvalue weighted by molar-refractivity contribution is 7.80. The SMILES string of the molecule is NC(=S)Cc1cn2cccc(F)c2n1. The fourth-order valence-electron chi connectivity index (χ4n) is 1.29. The summed E-state index contributed by atoms with van der Waals surface area (Å²) in [6, 6.07) is 2.99. The Morgan fingerprint density at radius 2 is 2.43 bits per heavy atom. The van der Waals surface area contributed by atoms with Crippen LogP contribution in [-0.2, 0) is 6.42 Å². The highest BCUT2D eigenvalue weighted by Gasteiger charge is 2.05. The number of thiocarbonyl (C=S) groups is 1. The highest BCUT2D eigenvalue weighted by Crippen LogP contribution is 2.09. The minimum atomic E-state index is -0.346. The molecule has 0 aliphatic rings. The van der Waals surface area contributed by atoms with Crippen molar-refractivity contribution >= 4 is 22.9 Å². The molecule has 0 amide bonds. The smallest absolute Gasteiger partial charge is 0.173 e. The van der Waals surface area contributed by atoms with Crippen LogP contribution in [0.25, 0.3) is 5.65 Å². The van der Waals surface area contributed by atoms with Crippen LogP contribution >= 0.6 is 12.2 Å². The zero-order valence-electron chi connectivity index (χ0n) is 7.27. The van der Waals surface area contributed by atoms with Gasteiger partial charge in [-0.1, -0.05) is 12.2 Å². The Kier molecular flexibility index (Phi) is 2.17. The van der Waals surface area contributed by atoms with Crippen molar-refractivity contribution in [1.82, 2.24) is 9.38 Å². The largest absolute Gasteiger partial charge is 0.393 e. The maximum absolute atomic E-state index is 13.2. The Hall–Kier alpha value is -1.49. The molecule has 3 nitrogen and oxygen atoms in total. The normalized spacial score (nSPS) is 10.6. The highest BCUT2D eigenvalue weighted by atomic mass is 32.1. The molecule has 0 aliphatic carbocycles. The lowest BCUT2D eigenvalue weighted by atomic mass is 10.3. The van der Waals surface area contributed by atoms with Crippen LogP contribution < -0.4 is 5.73 Å². The van der Waals surface area contributed by atoms with Gasteiger partial charge in [-0.3, -0.25) is 0 Å². The van der Waals surface area contributed by atoms with E-state index >= 15 is 0 Å². The standard InChI is InChI=1S/C9H8FN3S/c10-7-2-1-3-13-5-6(4-8(11)14)12-9(7)13/h1-3,5H,4H2,(H2,11,14). The number of fused-ring (bicyclic) bond motifs is 1. The van der Waals surface area contributed by atoms with Crippen LogP contribution in [0.5, 0.6) is 0 Å². The zero-order chi connectivity index (χ0) is 10.1. The summed E-state index contributed by atoms with van der Waals surface area (Å²) < 4.78 is 14.8. The summed E-state index contributed by atoms with van der Waals surface area (Å²) in [5.74, 6) is -0.346. The summed E-state index contributed by atoms with van der Waals surface area (Å²) >= 11 is 4.75. The predicted molar refractivity (Wildman–Crippen MR) is 55.6 cm³/mol. The first kappa shape index (κ1) is 9.08. The van der Waals surface area contributed by atoms with Gasteiger partial charge in [-0.15, -0.1) is 0 Å². The first-order chi connectivity index (χ1) is 6.66. The zero-order valence-corrected chi connectivity index (χ0v) is 8.09. The summed E-state index contributed by atoms with van der Waals surface area (Å²) in [6.45, 7) is 0. The first-order valence-corrected chi connectivity index (χ1v) is 4.48. The Balaban J connectivity index is 2.51. The van der Waals surface area contributed by atoms with Crippen LogP contribution in [0.1, 0.15) is 5.69 Å². The summed E-state index contributed by atoms with van der Waals surface area (Å²) in [4.78, 5) is 4.43. The van der Waals surface area contributed by atoms with E-state index in [1.807, 2.05) is 0 Å². The molecular weight excluding hydrogens is 201 g/mol. The molecule has 0 bridgehead atoms. The van der Waals surface area contributed by atoms with Gasteiger partial charge in [0.05, 0.1) is 10.7 Å². The fraction of sp³-hybridized carbons (Fsp3) is 0.111. The van der Waals surface area contributed by atoms with Crippen molar-refractivity contribution in [3.05, 3.63) is 36.0 Å².